The maximum atomic E-state index is 14.7. The molecule has 0 saturated carbocycles. The second kappa shape index (κ2) is 6.66. The topological polar surface area (TPSA) is 81.6 Å². The van der Waals surface area contributed by atoms with Gasteiger partial charge in [0.05, 0.1) is 24.9 Å². The molecule has 146 valence electrons. The number of nitrogens with zero attached hydrogens (tertiary/aromatic N) is 3. The molecule has 1 aliphatic heterocycles. The molecule has 1 aromatic carbocycles. The van der Waals surface area contributed by atoms with Gasteiger partial charge in [-0.25, -0.2) is 4.39 Å². The van der Waals surface area contributed by atoms with E-state index in [-0.39, 0.29) is 42.5 Å². The van der Waals surface area contributed by atoms with Crippen molar-refractivity contribution in [1.29, 1.82) is 0 Å². The number of fused-ring (bicyclic) bond motifs is 1. The highest BCUT2D eigenvalue weighted by Crippen LogP contribution is 2.33. The molecule has 0 radical (unpaired) electrons. The van der Waals surface area contributed by atoms with Crippen molar-refractivity contribution < 1.29 is 36.0 Å². The number of amides is 1. The van der Waals surface area contributed by atoms with Crippen molar-refractivity contribution in [2.45, 2.75) is 12.7 Å². The van der Waals surface area contributed by atoms with Gasteiger partial charge >= 0.3 is 12.1 Å². The summed E-state index contributed by atoms with van der Waals surface area (Å²) in [5.74, 6) is -2.99. The molecule has 0 fully saturated rings. The van der Waals surface area contributed by atoms with Gasteiger partial charge in [0.1, 0.15) is 24.4 Å². The molecular formula is C17H11F4N3O4. The van der Waals surface area contributed by atoms with Crippen LogP contribution in [0.2, 0.25) is 0 Å². The Bertz CT molecular complexity index is 1010. The van der Waals surface area contributed by atoms with E-state index in [0.29, 0.717) is 5.56 Å². The Hall–Kier alpha value is -3.37. The zero-order chi connectivity index (χ0) is 19.9. The molecule has 11 heteroatoms. The van der Waals surface area contributed by atoms with Gasteiger partial charge in [0.15, 0.2) is 0 Å². The molecule has 7 nitrogen and oxygen atoms in total. The van der Waals surface area contributed by atoms with Gasteiger partial charge in [0.2, 0.25) is 5.82 Å². The van der Waals surface area contributed by atoms with Crippen molar-refractivity contribution in [1.82, 2.24) is 15.0 Å². The highest BCUT2D eigenvalue weighted by molar-refractivity contribution is 5.93. The third kappa shape index (κ3) is 3.30. The summed E-state index contributed by atoms with van der Waals surface area (Å²) >= 11 is 0. The van der Waals surface area contributed by atoms with Crippen LogP contribution in [0.5, 0.6) is 5.75 Å². The maximum Gasteiger partial charge on any atom is 0.471 e. The zero-order valence-corrected chi connectivity index (χ0v) is 14.0. The number of alkyl halides is 3. The van der Waals surface area contributed by atoms with Gasteiger partial charge in [0, 0.05) is 11.1 Å². The number of hydrogen-bond donors (Lipinski definition) is 0. The van der Waals surface area contributed by atoms with Crippen LogP contribution < -0.4 is 4.74 Å². The maximum absolute atomic E-state index is 14.7. The number of carbonyl (C=O) groups excluding carboxylic acids is 1. The Morgan fingerprint density at radius 2 is 2.07 bits per heavy atom. The lowest BCUT2D eigenvalue weighted by Crippen LogP contribution is -2.32. The fraction of sp³-hybridized carbons (Fsp3) is 0.235. The predicted octanol–water partition coefficient (Wildman–Crippen LogP) is 3.52. The summed E-state index contributed by atoms with van der Waals surface area (Å²) in [7, 11) is 0. The van der Waals surface area contributed by atoms with Gasteiger partial charge < -0.3 is 18.6 Å². The lowest BCUT2D eigenvalue weighted by Gasteiger charge is -2.19. The monoisotopic (exact) mass is 397 g/mol. The number of hydrogen-bond acceptors (Lipinski definition) is 6. The van der Waals surface area contributed by atoms with E-state index in [0.717, 1.165) is 6.07 Å². The van der Waals surface area contributed by atoms with Crippen LogP contribution in [-0.2, 0) is 12.7 Å². The van der Waals surface area contributed by atoms with Crippen LogP contribution in [0.15, 0.2) is 39.7 Å². The lowest BCUT2D eigenvalue weighted by molar-refractivity contribution is -0.159. The van der Waals surface area contributed by atoms with Crippen LogP contribution in [0, 0.1) is 5.82 Å². The lowest BCUT2D eigenvalue weighted by atomic mass is 10.1. The molecule has 1 amide bonds. The van der Waals surface area contributed by atoms with Crippen LogP contribution in [0.1, 0.15) is 21.8 Å². The SMILES string of the molecule is O=C(c1ccoc1)N1CCOc2cc(-c3noc(C(F)(F)F)n3)cc(F)c2C1. The van der Waals surface area contributed by atoms with E-state index in [1.165, 1.54) is 29.6 Å². The molecule has 2 aromatic heterocycles. The summed E-state index contributed by atoms with van der Waals surface area (Å²) in [5.41, 5.74) is 0.370. The summed E-state index contributed by atoms with van der Waals surface area (Å²) in [4.78, 5) is 17.1. The summed E-state index contributed by atoms with van der Waals surface area (Å²) in [6, 6.07) is 3.78. The predicted molar refractivity (Wildman–Crippen MR) is 83.6 cm³/mol. The van der Waals surface area contributed by atoms with Crippen molar-refractivity contribution in [2.24, 2.45) is 0 Å². The first kappa shape index (κ1) is 18.0. The highest BCUT2D eigenvalue weighted by atomic mass is 19.4. The minimum atomic E-state index is -4.81. The van der Waals surface area contributed by atoms with Crippen molar-refractivity contribution in [3.8, 4) is 17.1 Å². The van der Waals surface area contributed by atoms with Gasteiger partial charge in [-0.15, -0.1) is 0 Å². The number of carbonyl (C=O) groups is 1. The molecule has 28 heavy (non-hydrogen) atoms. The van der Waals surface area contributed by atoms with Crippen LogP contribution in [-0.4, -0.2) is 34.1 Å². The highest BCUT2D eigenvalue weighted by Gasteiger charge is 2.38. The van der Waals surface area contributed by atoms with E-state index >= 15 is 0 Å². The standard InChI is InChI=1S/C17H11F4N3O4/c18-12-5-10(14-22-16(28-23-14)17(19,20)21)6-13-11(12)7-24(2-4-27-13)15(25)9-1-3-26-8-9/h1,3,5-6,8H,2,4,7H2. The quantitative estimate of drug-likeness (QED) is 0.616. The van der Waals surface area contributed by atoms with Crippen LogP contribution >= 0.6 is 0 Å². The van der Waals surface area contributed by atoms with Gasteiger partial charge in [-0.2, -0.15) is 18.2 Å². The first-order valence-electron chi connectivity index (χ1n) is 8.01. The van der Waals surface area contributed by atoms with Crippen molar-refractivity contribution in [3.05, 3.63) is 53.6 Å². The van der Waals surface area contributed by atoms with Crippen molar-refractivity contribution >= 4 is 5.91 Å². The number of benzene rings is 1. The Morgan fingerprint density at radius 3 is 2.75 bits per heavy atom. The van der Waals surface area contributed by atoms with Crippen molar-refractivity contribution in [2.75, 3.05) is 13.2 Å². The Kier molecular flexibility index (Phi) is 4.28. The molecule has 0 aliphatic carbocycles. The molecule has 4 rings (SSSR count). The molecular weight excluding hydrogens is 386 g/mol. The van der Waals surface area contributed by atoms with Crippen LogP contribution in [0.4, 0.5) is 17.6 Å². The van der Waals surface area contributed by atoms with E-state index in [2.05, 4.69) is 14.7 Å². The molecule has 0 atom stereocenters. The number of aromatic nitrogens is 2. The van der Waals surface area contributed by atoms with Gasteiger partial charge in [-0.05, 0) is 18.2 Å². The Labute approximate surface area is 154 Å². The molecule has 0 saturated heterocycles. The number of ether oxygens (including phenoxy) is 1. The molecule has 0 bridgehead atoms. The van der Waals surface area contributed by atoms with E-state index in [1.807, 2.05) is 0 Å². The summed E-state index contributed by atoms with van der Waals surface area (Å²) in [5, 5.41) is 3.24. The second-order valence-corrected chi connectivity index (χ2v) is 5.94. The number of rotatable bonds is 2. The number of halogens is 4. The molecule has 1 aliphatic rings. The second-order valence-electron chi connectivity index (χ2n) is 5.94. The first-order valence-corrected chi connectivity index (χ1v) is 8.01. The third-order valence-electron chi connectivity index (χ3n) is 4.10. The fourth-order valence-electron chi connectivity index (χ4n) is 2.76. The van der Waals surface area contributed by atoms with Crippen LogP contribution in [0.25, 0.3) is 11.4 Å². The normalized spacial score (nSPS) is 14.4. The van der Waals surface area contributed by atoms with Gasteiger partial charge in [0.25, 0.3) is 5.91 Å². The number of furan rings is 1. The molecule has 3 aromatic rings. The average molecular weight is 397 g/mol. The molecule has 0 N–H and O–H groups in total. The van der Waals surface area contributed by atoms with E-state index in [9.17, 15) is 22.4 Å². The van der Waals surface area contributed by atoms with E-state index < -0.39 is 23.7 Å². The summed E-state index contributed by atoms with van der Waals surface area (Å²) in [6.45, 7) is 0.179. The zero-order valence-electron chi connectivity index (χ0n) is 14.0. The van der Waals surface area contributed by atoms with Crippen LogP contribution in [0.3, 0.4) is 0 Å². The molecule has 3 heterocycles. The summed E-state index contributed by atoms with van der Waals surface area (Å²) in [6.07, 6.45) is -2.18. The van der Waals surface area contributed by atoms with Gasteiger partial charge in [-0.1, -0.05) is 5.16 Å². The van der Waals surface area contributed by atoms with Crippen molar-refractivity contribution in [3.63, 3.8) is 0 Å². The van der Waals surface area contributed by atoms with Gasteiger partial charge in [-0.3, -0.25) is 4.79 Å². The summed E-state index contributed by atoms with van der Waals surface area (Å²) < 4.78 is 67.1. The largest absolute Gasteiger partial charge is 0.491 e. The minimum Gasteiger partial charge on any atom is -0.491 e. The minimum absolute atomic E-state index is 0.0369. The Morgan fingerprint density at radius 1 is 1.25 bits per heavy atom. The fourth-order valence-corrected chi connectivity index (χ4v) is 2.76. The smallest absolute Gasteiger partial charge is 0.471 e. The Balaban J connectivity index is 1.65. The third-order valence-corrected chi connectivity index (χ3v) is 4.10. The van der Waals surface area contributed by atoms with E-state index in [4.69, 9.17) is 9.15 Å². The molecule has 0 spiro atoms. The average Bonchev–Trinajstić information content (AvgIpc) is 3.29. The molecule has 0 unspecified atom stereocenters. The first-order chi connectivity index (χ1) is 13.3. The van der Waals surface area contributed by atoms with E-state index in [1.54, 1.807) is 0 Å².